The summed E-state index contributed by atoms with van der Waals surface area (Å²) in [6, 6.07) is 8.70. The minimum absolute atomic E-state index is 0.0153. The van der Waals surface area contributed by atoms with Crippen LogP contribution in [0.3, 0.4) is 0 Å². The lowest BCUT2D eigenvalue weighted by atomic mass is 10.3. The molecule has 0 radical (unpaired) electrons. The summed E-state index contributed by atoms with van der Waals surface area (Å²) < 4.78 is 6.22. The van der Waals surface area contributed by atoms with E-state index in [-0.39, 0.29) is 18.3 Å². The van der Waals surface area contributed by atoms with Crippen molar-refractivity contribution in [2.75, 3.05) is 11.9 Å². The van der Waals surface area contributed by atoms with E-state index in [0.29, 0.717) is 16.3 Å². The van der Waals surface area contributed by atoms with Gasteiger partial charge in [0.25, 0.3) is 0 Å². The predicted molar refractivity (Wildman–Crippen MR) is 82.6 cm³/mol. The standard InChI is InChI=1S/C14H12BrNO3S/c1-9(17)16-10-2-4-11(5-3-10)19-8-13(18)14-12(15)6-7-20-14/h2-7H,8H2,1H3,(H,16,17). The number of thiophene rings is 1. The van der Waals surface area contributed by atoms with Gasteiger partial charge in [-0.3, -0.25) is 9.59 Å². The van der Waals surface area contributed by atoms with E-state index < -0.39 is 0 Å². The Morgan fingerprint density at radius 1 is 1.25 bits per heavy atom. The topological polar surface area (TPSA) is 55.4 Å². The predicted octanol–water partition coefficient (Wildman–Crippen LogP) is 3.73. The molecule has 1 amide bonds. The van der Waals surface area contributed by atoms with Crippen LogP contribution in [0.2, 0.25) is 0 Å². The van der Waals surface area contributed by atoms with Crippen molar-refractivity contribution in [1.29, 1.82) is 0 Å². The van der Waals surface area contributed by atoms with Gasteiger partial charge in [-0.25, -0.2) is 0 Å². The van der Waals surface area contributed by atoms with Gasteiger partial charge in [-0.1, -0.05) is 0 Å². The molecule has 1 N–H and O–H groups in total. The van der Waals surface area contributed by atoms with Crippen molar-refractivity contribution in [2.24, 2.45) is 0 Å². The van der Waals surface area contributed by atoms with Crippen LogP contribution in [0.25, 0.3) is 0 Å². The number of ether oxygens (including phenoxy) is 1. The van der Waals surface area contributed by atoms with Gasteiger partial charge in [-0.15, -0.1) is 11.3 Å². The normalized spacial score (nSPS) is 10.1. The van der Waals surface area contributed by atoms with Gasteiger partial charge in [0, 0.05) is 17.1 Å². The molecule has 4 nitrogen and oxygen atoms in total. The summed E-state index contributed by atoms with van der Waals surface area (Å²) in [5.41, 5.74) is 0.692. The first-order valence-corrected chi connectivity index (χ1v) is 7.50. The van der Waals surface area contributed by atoms with E-state index in [1.54, 1.807) is 24.3 Å². The molecule has 0 aliphatic heterocycles. The molecule has 1 aromatic heterocycles. The van der Waals surface area contributed by atoms with Crippen LogP contribution < -0.4 is 10.1 Å². The van der Waals surface area contributed by atoms with Gasteiger partial charge in [0.2, 0.25) is 11.7 Å². The fourth-order valence-corrected chi connectivity index (χ4v) is 3.06. The zero-order valence-electron chi connectivity index (χ0n) is 10.7. The van der Waals surface area contributed by atoms with Crippen molar-refractivity contribution in [2.45, 2.75) is 6.92 Å². The average Bonchev–Trinajstić information content (AvgIpc) is 2.83. The van der Waals surface area contributed by atoms with Crippen molar-refractivity contribution >= 4 is 44.6 Å². The maximum atomic E-state index is 11.9. The van der Waals surface area contributed by atoms with Gasteiger partial charge < -0.3 is 10.1 Å². The van der Waals surface area contributed by atoms with E-state index in [0.717, 1.165) is 4.47 Å². The number of rotatable bonds is 5. The third kappa shape index (κ3) is 3.91. The smallest absolute Gasteiger partial charge is 0.221 e. The first-order chi connectivity index (χ1) is 9.56. The molecular weight excluding hydrogens is 342 g/mol. The molecule has 0 spiro atoms. The summed E-state index contributed by atoms with van der Waals surface area (Å²) in [5, 5.41) is 4.51. The number of halogens is 1. The number of hydrogen-bond donors (Lipinski definition) is 1. The van der Waals surface area contributed by atoms with Crippen LogP contribution in [0.5, 0.6) is 5.75 Å². The van der Waals surface area contributed by atoms with Crippen LogP contribution in [0.4, 0.5) is 5.69 Å². The van der Waals surface area contributed by atoms with E-state index in [4.69, 9.17) is 4.74 Å². The summed E-state index contributed by atoms with van der Waals surface area (Å²) in [5.74, 6) is 0.384. The van der Waals surface area contributed by atoms with Crippen molar-refractivity contribution in [1.82, 2.24) is 0 Å². The van der Waals surface area contributed by atoms with Crippen molar-refractivity contribution in [3.05, 3.63) is 45.1 Å². The molecule has 0 aliphatic carbocycles. The zero-order valence-corrected chi connectivity index (χ0v) is 13.1. The molecule has 1 aromatic carbocycles. The molecule has 0 saturated carbocycles. The van der Waals surface area contributed by atoms with Crippen LogP contribution in [0.15, 0.2) is 40.2 Å². The molecule has 0 bridgehead atoms. The highest BCUT2D eigenvalue weighted by Gasteiger charge is 2.12. The van der Waals surface area contributed by atoms with E-state index in [9.17, 15) is 9.59 Å². The van der Waals surface area contributed by atoms with E-state index in [1.807, 2.05) is 11.4 Å². The minimum Gasteiger partial charge on any atom is -0.485 e. The zero-order chi connectivity index (χ0) is 14.5. The van der Waals surface area contributed by atoms with Crippen LogP contribution >= 0.6 is 27.3 Å². The SMILES string of the molecule is CC(=O)Nc1ccc(OCC(=O)c2sccc2Br)cc1. The Morgan fingerprint density at radius 2 is 1.95 bits per heavy atom. The molecule has 0 atom stereocenters. The maximum Gasteiger partial charge on any atom is 0.221 e. The second-order valence-electron chi connectivity index (χ2n) is 4.02. The Morgan fingerprint density at radius 3 is 2.50 bits per heavy atom. The van der Waals surface area contributed by atoms with Gasteiger partial charge >= 0.3 is 0 Å². The average molecular weight is 354 g/mol. The number of benzene rings is 1. The lowest BCUT2D eigenvalue weighted by Gasteiger charge is -2.06. The monoisotopic (exact) mass is 353 g/mol. The summed E-state index contributed by atoms with van der Waals surface area (Å²) >= 11 is 4.70. The number of ketones is 1. The molecule has 2 rings (SSSR count). The Kier molecular flexibility index (Phi) is 4.92. The second kappa shape index (κ2) is 6.67. The molecule has 20 heavy (non-hydrogen) atoms. The molecular formula is C14H12BrNO3S. The van der Waals surface area contributed by atoms with Crippen LogP contribution in [0, 0.1) is 0 Å². The third-order valence-electron chi connectivity index (χ3n) is 2.42. The Labute approximate surface area is 128 Å². The highest BCUT2D eigenvalue weighted by Crippen LogP contribution is 2.23. The summed E-state index contributed by atoms with van der Waals surface area (Å²) in [6.45, 7) is 1.43. The lowest BCUT2D eigenvalue weighted by Crippen LogP contribution is -2.10. The van der Waals surface area contributed by atoms with Gasteiger partial charge in [-0.2, -0.15) is 0 Å². The number of carbonyl (C=O) groups excluding carboxylic acids is 2. The molecule has 0 unspecified atom stereocenters. The lowest BCUT2D eigenvalue weighted by molar-refractivity contribution is -0.114. The van der Waals surface area contributed by atoms with Crippen LogP contribution in [0.1, 0.15) is 16.6 Å². The molecule has 1 heterocycles. The maximum absolute atomic E-state index is 11.9. The number of carbonyl (C=O) groups is 2. The highest BCUT2D eigenvalue weighted by molar-refractivity contribution is 9.10. The Hall–Kier alpha value is -1.66. The number of anilines is 1. The van der Waals surface area contributed by atoms with Gasteiger partial charge in [0.1, 0.15) is 5.75 Å². The fraction of sp³-hybridized carbons (Fsp3) is 0.143. The largest absolute Gasteiger partial charge is 0.485 e. The van der Waals surface area contributed by atoms with Gasteiger partial charge in [0.15, 0.2) is 6.61 Å². The summed E-state index contributed by atoms with van der Waals surface area (Å²) in [7, 11) is 0. The molecule has 0 fully saturated rings. The summed E-state index contributed by atoms with van der Waals surface area (Å²) in [6.07, 6.45) is 0. The van der Waals surface area contributed by atoms with E-state index in [1.165, 1.54) is 18.3 Å². The number of nitrogens with one attached hydrogen (secondary N) is 1. The third-order valence-corrected chi connectivity index (χ3v) is 4.29. The van der Waals surface area contributed by atoms with Crippen LogP contribution in [-0.4, -0.2) is 18.3 Å². The van der Waals surface area contributed by atoms with Gasteiger partial charge in [-0.05, 0) is 51.6 Å². The molecule has 2 aromatic rings. The molecule has 104 valence electrons. The number of Topliss-reactive ketones (excluding diaryl/α,β-unsaturated/α-hetero) is 1. The fourth-order valence-electron chi connectivity index (χ4n) is 1.54. The Bertz CT molecular complexity index is 622. The first-order valence-electron chi connectivity index (χ1n) is 5.83. The first kappa shape index (κ1) is 14.7. The molecule has 0 saturated heterocycles. The van der Waals surface area contributed by atoms with Crippen molar-refractivity contribution in [3.8, 4) is 5.75 Å². The van der Waals surface area contributed by atoms with Crippen molar-refractivity contribution in [3.63, 3.8) is 0 Å². The minimum atomic E-state index is -0.128. The van der Waals surface area contributed by atoms with Gasteiger partial charge in [0.05, 0.1) is 4.88 Å². The number of hydrogen-bond acceptors (Lipinski definition) is 4. The quantitative estimate of drug-likeness (QED) is 0.833. The summed E-state index contributed by atoms with van der Waals surface area (Å²) in [4.78, 5) is 23.4. The van der Waals surface area contributed by atoms with E-state index >= 15 is 0 Å². The highest BCUT2D eigenvalue weighted by atomic mass is 79.9. The Balaban J connectivity index is 1.93. The van der Waals surface area contributed by atoms with Crippen LogP contribution in [-0.2, 0) is 4.79 Å². The van der Waals surface area contributed by atoms with E-state index in [2.05, 4.69) is 21.2 Å². The molecule has 6 heteroatoms. The second-order valence-corrected chi connectivity index (χ2v) is 5.79. The molecule has 0 aliphatic rings. The van der Waals surface area contributed by atoms with Crippen molar-refractivity contribution < 1.29 is 14.3 Å². The number of amides is 1.